The highest BCUT2D eigenvalue weighted by molar-refractivity contribution is 6.04. The molecule has 0 aliphatic carbocycles. The summed E-state index contributed by atoms with van der Waals surface area (Å²) in [6.45, 7) is 8.56. The standard InChI is InChI=1S/C23H27N3O2/c1-15(2)14-26-22(27)20-9-7-6-8-19(20)21(24-26)23(28)25(5)17(4)18-12-10-16(3)11-13-18/h6-13,15,17H,14H2,1-5H3. The fraction of sp³-hybridized carbons (Fsp3) is 0.348. The molecule has 0 aliphatic rings. The van der Waals surface area contributed by atoms with Gasteiger partial charge in [0.2, 0.25) is 0 Å². The molecule has 146 valence electrons. The average Bonchev–Trinajstić information content (AvgIpc) is 2.69. The van der Waals surface area contributed by atoms with Crippen LogP contribution in [0.3, 0.4) is 0 Å². The van der Waals surface area contributed by atoms with Gasteiger partial charge in [0.25, 0.3) is 11.5 Å². The van der Waals surface area contributed by atoms with Crippen molar-refractivity contribution in [1.82, 2.24) is 14.7 Å². The lowest BCUT2D eigenvalue weighted by molar-refractivity contribution is 0.0736. The van der Waals surface area contributed by atoms with E-state index in [0.29, 0.717) is 23.0 Å². The van der Waals surface area contributed by atoms with E-state index >= 15 is 0 Å². The minimum atomic E-state index is -0.193. The fourth-order valence-corrected chi connectivity index (χ4v) is 3.27. The van der Waals surface area contributed by atoms with Gasteiger partial charge in [-0.05, 0) is 31.4 Å². The lowest BCUT2D eigenvalue weighted by Gasteiger charge is -2.26. The Morgan fingerprint density at radius 3 is 2.25 bits per heavy atom. The summed E-state index contributed by atoms with van der Waals surface area (Å²) in [5.74, 6) is 0.0558. The predicted octanol–water partition coefficient (Wildman–Crippen LogP) is 4.19. The molecule has 1 atom stereocenters. The van der Waals surface area contributed by atoms with Crippen molar-refractivity contribution in [1.29, 1.82) is 0 Å². The quantitative estimate of drug-likeness (QED) is 0.670. The first-order valence-electron chi connectivity index (χ1n) is 9.63. The minimum Gasteiger partial charge on any atom is -0.334 e. The van der Waals surface area contributed by atoms with Crippen molar-refractivity contribution >= 4 is 16.7 Å². The van der Waals surface area contributed by atoms with Gasteiger partial charge in [-0.1, -0.05) is 61.9 Å². The van der Waals surface area contributed by atoms with Gasteiger partial charge in [0, 0.05) is 19.0 Å². The number of carbonyl (C=O) groups is 1. The number of fused-ring (bicyclic) bond motifs is 1. The van der Waals surface area contributed by atoms with Crippen molar-refractivity contribution in [3.63, 3.8) is 0 Å². The Kier molecular flexibility index (Phi) is 5.63. The highest BCUT2D eigenvalue weighted by Gasteiger charge is 2.24. The molecule has 2 aromatic carbocycles. The third-order valence-electron chi connectivity index (χ3n) is 5.07. The molecule has 1 unspecified atom stereocenters. The molecule has 0 spiro atoms. The third kappa shape index (κ3) is 3.84. The average molecular weight is 377 g/mol. The number of amides is 1. The second-order valence-electron chi connectivity index (χ2n) is 7.78. The molecule has 1 amide bonds. The maximum Gasteiger partial charge on any atom is 0.275 e. The molecule has 5 heteroatoms. The first-order chi connectivity index (χ1) is 13.3. The summed E-state index contributed by atoms with van der Waals surface area (Å²) >= 11 is 0. The van der Waals surface area contributed by atoms with Gasteiger partial charge >= 0.3 is 0 Å². The molecule has 1 heterocycles. The molecular formula is C23H27N3O2. The van der Waals surface area contributed by atoms with Gasteiger partial charge in [0.05, 0.1) is 11.4 Å². The van der Waals surface area contributed by atoms with Crippen LogP contribution in [0.4, 0.5) is 0 Å². The third-order valence-corrected chi connectivity index (χ3v) is 5.07. The zero-order chi connectivity index (χ0) is 20.4. The van der Waals surface area contributed by atoms with E-state index < -0.39 is 0 Å². The monoisotopic (exact) mass is 377 g/mol. The second kappa shape index (κ2) is 7.97. The van der Waals surface area contributed by atoms with Gasteiger partial charge in [0.15, 0.2) is 5.69 Å². The number of aromatic nitrogens is 2. The lowest BCUT2D eigenvalue weighted by atomic mass is 10.0. The van der Waals surface area contributed by atoms with Gasteiger partial charge in [0.1, 0.15) is 0 Å². The Morgan fingerprint density at radius 2 is 1.64 bits per heavy atom. The Hall–Kier alpha value is -2.95. The van der Waals surface area contributed by atoms with Gasteiger partial charge in [-0.15, -0.1) is 0 Å². The molecule has 28 heavy (non-hydrogen) atoms. The Bertz CT molecular complexity index is 1050. The molecule has 0 fully saturated rings. The molecule has 0 bridgehead atoms. The van der Waals surface area contributed by atoms with Gasteiger partial charge in [-0.25, -0.2) is 4.68 Å². The normalized spacial score (nSPS) is 12.4. The number of carbonyl (C=O) groups excluding carboxylic acids is 1. The predicted molar refractivity (Wildman–Crippen MR) is 113 cm³/mol. The van der Waals surface area contributed by atoms with Crippen LogP contribution in [-0.2, 0) is 6.54 Å². The molecule has 3 rings (SSSR count). The molecule has 3 aromatic rings. The highest BCUT2D eigenvalue weighted by atomic mass is 16.2. The van der Waals surface area contributed by atoms with Gasteiger partial charge < -0.3 is 4.90 Å². The van der Waals surface area contributed by atoms with Crippen LogP contribution in [0.1, 0.15) is 48.4 Å². The van der Waals surface area contributed by atoms with Crippen LogP contribution < -0.4 is 5.56 Å². The zero-order valence-electron chi connectivity index (χ0n) is 17.1. The fourth-order valence-electron chi connectivity index (χ4n) is 3.27. The summed E-state index contributed by atoms with van der Waals surface area (Å²) in [5, 5.41) is 5.59. The second-order valence-corrected chi connectivity index (χ2v) is 7.78. The zero-order valence-corrected chi connectivity index (χ0v) is 17.1. The van der Waals surface area contributed by atoms with E-state index in [2.05, 4.69) is 5.10 Å². The smallest absolute Gasteiger partial charge is 0.275 e. The molecule has 0 N–H and O–H groups in total. The number of aryl methyl sites for hydroxylation is 1. The number of nitrogens with zero attached hydrogens (tertiary/aromatic N) is 3. The Balaban J connectivity index is 2.06. The Morgan fingerprint density at radius 1 is 1.04 bits per heavy atom. The van der Waals surface area contributed by atoms with Crippen LogP contribution in [0.2, 0.25) is 0 Å². The van der Waals surface area contributed by atoms with Crippen LogP contribution in [-0.4, -0.2) is 27.6 Å². The number of rotatable bonds is 5. The van der Waals surface area contributed by atoms with E-state index in [1.165, 1.54) is 10.2 Å². The Labute approximate surface area is 165 Å². The van der Waals surface area contributed by atoms with Crippen molar-refractivity contribution < 1.29 is 4.79 Å². The number of hydrogen-bond acceptors (Lipinski definition) is 3. The van der Waals surface area contributed by atoms with Crippen molar-refractivity contribution in [3.8, 4) is 0 Å². The van der Waals surface area contributed by atoms with E-state index in [1.807, 2.05) is 64.1 Å². The van der Waals surface area contributed by atoms with E-state index in [1.54, 1.807) is 24.1 Å². The van der Waals surface area contributed by atoms with Crippen LogP contribution in [0, 0.1) is 12.8 Å². The summed E-state index contributed by atoms with van der Waals surface area (Å²) in [6, 6.07) is 15.2. The number of hydrogen-bond donors (Lipinski definition) is 0. The number of benzene rings is 2. The first-order valence-corrected chi connectivity index (χ1v) is 9.63. The molecule has 0 aliphatic heterocycles. The van der Waals surface area contributed by atoms with Crippen LogP contribution >= 0.6 is 0 Å². The summed E-state index contributed by atoms with van der Waals surface area (Å²) in [5.41, 5.74) is 2.40. The minimum absolute atomic E-state index is 0.112. The van der Waals surface area contributed by atoms with Gasteiger partial charge in [-0.3, -0.25) is 9.59 Å². The topological polar surface area (TPSA) is 55.2 Å². The van der Waals surface area contributed by atoms with Crippen molar-refractivity contribution in [2.75, 3.05) is 7.05 Å². The van der Waals surface area contributed by atoms with Crippen molar-refractivity contribution in [2.24, 2.45) is 5.92 Å². The van der Waals surface area contributed by atoms with E-state index in [4.69, 9.17) is 0 Å². The maximum atomic E-state index is 13.3. The lowest BCUT2D eigenvalue weighted by Crippen LogP contribution is -2.34. The largest absolute Gasteiger partial charge is 0.334 e. The van der Waals surface area contributed by atoms with Crippen molar-refractivity contribution in [3.05, 3.63) is 75.7 Å². The van der Waals surface area contributed by atoms with Gasteiger partial charge in [-0.2, -0.15) is 5.10 Å². The molecular weight excluding hydrogens is 350 g/mol. The molecule has 5 nitrogen and oxygen atoms in total. The summed E-state index contributed by atoms with van der Waals surface area (Å²) < 4.78 is 1.42. The van der Waals surface area contributed by atoms with E-state index in [-0.39, 0.29) is 23.4 Å². The van der Waals surface area contributed by atoms with Crippen LogP contribution in [0.15, 0.2) is 53.3 Å². The summed E-state index contributed by atoms with van der Waals surface area (Å²) in [7, 11) is 1.78. The SMILES string of the molecule is Cc1ccc(C(C)N(C)C(=O)c2nn(CC(C)C)c(=O)c3ccccc23)cc1. The molecule has 1 aromatic heterocycles. The molecule has 0 saturated carbocycles. The highest BCUT2D eigenvalue weighted by Crippen LogP contribution is 2.23. The summed E-state index contributed by atoms with van der Waals surface area (Å²) in [4.78, 5) is 27.8. The van der Waals surface area contributed by atoms with E-state index in [9.17, 15) is 9.59 Å². The van der Waals surface area contributed by atoms with Crippen LogP contribution in [0.25, 0.3) is 10.8 Å². The molecule has 0 radical (unpaired) electrons. The van der Waals surface area contributed by atoms with Crippen LogP contribution in [0.5, 0.6) is 0 Å². The first kappa shape index (κ1) is 19.8. The summed E-state index contributed by atoms with van der Waals surface area (Å²) in [6.07, 6.45) is 0. The van der Waals surface area contributed by atoms with E-state index in [0.717, 1.165) is 5.56 Å². The maximum absolute atomic E-state index is 13.3. The molecule has 0 saturated heterocycles. The van der Waals surface area contributed by atoms with Crippen molar-refractivity contribution in [2.45, 2.75) is 40.3 Å².